The molecule has 1 aliphatic heterocycles. The molecule has 3 aromatic carbocycles. The van der Waals surface area contributed by atoms with Gasteiger partial charge in [-0.2, -0.15) is 0 Å². The molecule has 0 radical (unpaired) electrons. The number of sulfone groups is 1. The maximum absolute atomic E-state index is 14.2. The molecule has 2 fully saturated rings. The summed E-state index contributed by atoms with van der Waals surface area (Å²) in [4.78, 5) is 17.9. The van der Waals surface area contributed by atoms with Gasteiger partial charge in [0, 0.05) is 50.9 Å². The summed E-state index contributed by atoms with van der Waals surface area (Å²) < 4.78 is 41.1. The monoisotopic (exact) mass is 604 g/mol. The maximum atomic E-state index is 14.2. The number of nitrogens with zero attached hydrogens (tertiary/aromatic N) is 2. The van der Waals surface area contributed by atoms with Crippen molar-refractivity contribution in [3.8, 4) is 0 Å². The Kier molecular flexibility index (Phi) is 10.1. The normalized spacial score (nSPS) is 18.1. The molecule has 7 nitrogen and oxygen atoms in total. The molecule has 1 saturated carbocycles. The van der Waals surface area contributed by atoms with E-state index in [2.05, 4.69) is 22.0 Å². The van der Waals surface area contributed by atoms with Crippen molar-refractivity contribution in [1.82, 2.24) is 9.80 Å². The Labute approximate surface area is 254 Å². The van der Waals surface area contributed by atoms with E-state index in [4.69, 9.17) is 5.73 Å². The summed E-state index contributed by atoms with van der Waals surface area (Å²) >= 11 is 0. The van der Waals surface area contributed by atoms with Crippen LogP contribution in [-0.4, -0.2) is 56.3 Å². The van der Waals surface area contributed by atoms with Crippen LogP contribution >= 0.6 is 0 Å². The van der Waals surface area contributed by atoms with Gasteiger partial charge in [-0.05, 0) is 78.9 Å². The van der Waals surface area contributed by atoms with E-state index in [-0.39, 0.29) is 28.1 Å². The molecule has 1 saturated heterocycles. The Morgan fingerprint density at radius 3 is 2.37 bits per heavy atom. The molecule has 0 spiro atoms. The predicted octanol–water partition coefficient (Wildman–Crippen LogP) is 5.78. The minimum atomic E-state index is -3.76. The first-order valence-corrected chi connectivity index (χ1v) is 16.6. The van der Waals surface area contributed by atoms with E-state index in [0.717, 1.165) is 37.8 Å². The fraction of sp³-hybridized carbons (Fsp3) is 0.382. The molecule has 228 valence electrons. The highest BCUT2D eigenvalue weighted by molar-refractivity contribution is 7.91. The van der Waals surface area contributed by atoms with Crippen LogP contribution < -0.4 is 11.1 Å². The van der Waals surface area contributed by atoms with E-state index in [0.29, 0.717) is 11.1 Å². The van der Waals surface area contributed by atoms with Gasteiger partial charge < -0.3 is 11.1 Å². The van der Waals surface area contributed by atoms with Crippen LogP contribution in [0.3, 0.4) is 0 Å². The zero-order chi connectivity index (χ0) is 30.4. The van der Waals surface area contributed by atoms with Crippen LogP contribution in [0.25, 0.3) is 6.08 Å². The van der Waals surface area contributed by atoms with E-state index in [1.54, 1.807) is 36.4 Å². The number of anilines is 1. The predicted molar refractivity (Wildman–Crippen MR) is 169 cm³/mol. The van der Waals surface area contributed by atoms with Crippen LogP contribution in [0.5, 0.6) is 0 Å². The number of hydrogen-bond donors (Lipinski definition) is 2. The Balaban J connectivity index is 1.20. The molecule has 1 aliphatic carbocycles. The summed E-state index contributed by atoms with van der Waals surface area (Å²) in [6.07, 6.45) is 9.46. The molecule has 0 bridgehead atoms. The van der Waals surface area contributed by atoms with Crippen molar-refractivity contribution >= 4 is 27.5 Å². The third-order valence-corrected chi connectivity index (χ3v) is 10.6. The molecule has 9 heteroatoms. The van der Waals surface area contributed by atoms with Crippen molar-refractivity contribution in [2.45, 2.75) is 67.4 Å². The van der Waals surface area contributed by atoms with Crippen LogP contribution in [0.4, 0.5) is 10.1 Å². The van der Waals surface area contributed by atoms with Gasteiger partial charge in [0.25, 0.3) is 0 Å². The average molecular weight is 605 g/mol. The molecule has 3 N–H and O–H groups in total. The van der Waals surface area contributed by atoms with E-state index in [1.165, 1.54) is 62.5 Å². The number of carbonyl (C=O) groups is 1. The SMILES string of the molecule is CC(c1ccc(S(=O)(=O)c2cccc(C=CC(=O)Nc3ccc(CN)cc3F)c2)cc1)N1CCN(C2CCCCC2)CC1. The molecule has 1 amide bonds. The highest BCUT2D eigenvalue weighted by atomic mass is 32.2. The number of halogens is 1. The van der Waals surface area contributed by atoms with Crippen molar-refractivity contribution in [1.29, 1.82) is 0 Å². The van der Waals surface area contributed by atoms with Crippen molar-refractivity contribution in [3.05, 3.63) is 95.3 Å². The first-order valence-electron chi connectivity index (χ1n) is 15.2. The Morgan fingerprint density at radius 2 is 1.70 bits per heavy atom. The number of piperazine rings is 1. The van der Waals surface area contributed by atoms with E-state index >= 15 is 0 Å². The minimum Gasteiger partial charge on any atom is -0.326 e. The fourth-order valence-corrected chi connectivity index (χ4v) is 7.44. The first kappa shape index (κ1) is 31.1. The van der Waals surface area contributed by atoms with E-state index in [9.17, 15) is 17.6 Å². The van der Waals surface area contributed by atoms with Crippen molar-refractivity contribution in [3.63, 3.8) is 0 Å². The first-order chi connectivity index (χ1) is 20.7. The molecule has 1 unspecified atom stereocenters. The van der Waals surface area contributed by atoms with Gasteiger partial charge in [-0.25, -0.2) is 12.8 Å². The second kappa shape index (κ2) is 13.9. The molecule has 2 aliphatic rings. The smallest absolute Gasteiger partial charge is 0.248 e. The van der Waals surface area contributed by atoms with Crippen LogP contribution in [0.2, 0.25) is 0 Å². The number of benzene rings is 3. The summed E-state index contributed by atoms with van der Waals surface area (Å²) in [6, 6.07) is 18.9. The van der Waals surface area contributed by atoms with Crippen LogP contribution in [0, 0.1) is 5.82 Å². The minimum absolute atomic E-state index is 0.0441. The number of hydrogen-bond acceptors (Lipinski definition) is 6. The third kappa shape index (κ3) is 7.59. The summed E-state index contributed by atoms with van der Waals surface area (Å²) in [5, 5.41) is 2.49. The van der Waals surface area contributed by atoms with Gasteiger partial charge in [-0.3, -0.25) is 14.6 Å². The molecule has 0 aromatic heterocycles. The summed E-state index contributed by atoms with van der Waals surface area (Å²) in [5.41, 5.74) is 7.82. The number of rotatable bonds is 9. The highest BCUT2D eigenvalue weighted by Crippen LogP contribution is 2.28. The largest absolute Gasteiger partial charge is 0.326 e. The molecule has 43 heavy (non-hydrogen) atoms. The van der Waals surface area contributed by atoms with Gasteiger partial charge in [-0.15, -0.1) is 0 Å². The van der Waals surface area contributed by atoms with Gasteiger partial charge in [0.2, 0.25) is 15.7 Å². The molecular formula is C34H41FN4O3S. The topological polar surface area (TPSA) is 95.7 Å². The number of carbonyl (C=O) groups excluding carboxylic acids is 1. The van der Waals surface area contributed by atoms with Crippen molar-refractivity contribution in [2.24, 2.45) is 5.73 Å². The Morgan fingerprint density at radius 1 is 0.977 bits per heavy atom. The lowest BCUT2D eigenvalue weighted by molar-refractivity contribution is -0.111. The van der Waals surface area contributed by atoms with Gasteiger partial charge in [0.05, 0.1) is 15.5 Å². The van der Waals surface area contributed by atoms with Gasteiger partial charge in [0.1, 0.15) is 5.82 Å². The van der Waals surface area contributed by atoms with Crippen molar-refractivity contribution < 1.29 is 17.6 Å². The standard InChI is InChI=1S/C34H41FN4O3S/c1-25(38-18-20-39(21-19-38)29-7-3-2-4-8-29)28-12-14-30(15-13-28)43(41,42)31-9-5-6-26(22-31)11-17-34(40)37-33-16-10-27(24-36)23-32(33)35/h5-6,9-17,22-23,25,29H,2-4,7-8,18-21,24,36H2,1H3,(H,37,40). The average Bonchev–Trinajstić information content (AvgIpc) is 3.05. The molecule has 1 heterocycles. The number of amides is 1. The molecule has 5 rings (SSSR count). The second-order valence-electron chi connectivity index (χ2n) is 11.5. The van der Waals surface area contributed by atoms with Crippen LogP contribution in [0.1, 0.15) is 61.8 Å². The zero-order valence-corrected chi connectivity index (χ0v) is 25.5. The third-order valence-electron chi connectivity index (χ3n) is 8.78. The summed E-state index contributed by atoms with van der Waals surface area (Å²) in [6.45, 7) is 6.61. The second-order valence-corrected chi connectivity index (χ2v) is 13.5. The fourth-order valence-electron chi connectivity index (χ4n) is 6.13. The lowest BCUT2D eigenvalue weighted by Crippen LogP contribution is -2.51. The van der Waals surface area contributed by atoms with Gasteiger partial charge >= 0.3 is 0 Å². The van der Waals surface area contributed by atoms with Gasteiger partial charge in [0.15, 0.2) is 0 Å². The van der Waals surface area contributed by atoms with Crippen LogP contribution in [0.15, 0.2) is 82.6 Å². The summed E-state index contributed by atoms with van der Waals surface area (Å²) in [7, 11) is -3.76. The Hall–Kier alpha value is -3.37. The Bertz CT molecular complexity index is 1540. The summed E-state index contributed by atoms with van der Waals surface area (Å²) in [5.74, 6) is -1.11. The van der Waals surface area contributed by atoms with E-state index < -0.39 is 21.6 Å². The van der Waals surface area contributed by atoms with Gasteiger partial charge in [-0.1, -0.05) is 49.6 Å². The quantitative estimate of drug-likeness (QED) is 0.301. The molecular weight excluding hydrogens is 563 g/mol. The molecule has 1 atom stereocenters. The maximum Gasteiger partial charge on any atom is 0.248 e. The highest BCUT2D eigenvalue weighted by Gasteiger charge is 2.27. The lowest BCUT2D eigenvalue weighted by Gasteiger charge is -2.42. The number of nitrogens with two attached hydrogens (primary N) is 1. The van der Waals surface area contributed by atoms with Crippen LogP contribution in [-0.2, 0) is 21.2 Å². The lowest BCUT2D eigenvalue weighted by atomic mass is 9.93. The number of nitrogens with one attached hydrogen (secondary N) is 1. The molecule has 3 aromatic rings. The zero-order valence-electron chi connectivity index (χ0n) is 24.7. The van der Waals surface area contributed by atoms with E-state index in [1.807, 2.05) is 12.1 Å². The van der Waals surface area contributed by atoms with Crippen molar-refractivity contribution in [2.75, 3.05) is 31.5 Å².